The zero-order valence-corrected chi connectivity index (χ0v) is 11.8. The van der Waals surface area contributed by atoms with E-state index in [4.69, 9.17) is 14.3 Å². The van der Waals surface area contributed by atoms with Gasteiger partial charge in [-0.3, -0.25) is 9.59 Å². The molecule has 0 aliphatic heterocycles. The molecule has 6 nitrogen and oxygen atoms in total. The maximum absolute atomic E-state index is 11.7. The van der Waals surface area contributed by atoms with Crippen molar-refractivity contribution >= 4 is 22.7 Å². The fraction of sp³-hybridized carbons (Fsp3) is 0.125. The van der Waals surface area contributed by atoms with E-state index in [0.29, 0.717) is 5.56 Å². The van der Waals surface area contributed by atoms with E-state index in [9.17, 15) is 9.59 Å². The zero-order valence-electron chi connectivity index (χ0n) is 11.8. The number of ketones is 1. The number of aromatic amines is 1. The van der Waals surface area contributed by atoms with Gasteiger partial charge < -0.3 is 19.2 Å². The molecular formula is C16H13NO5. The van der Waals surface area contributed by atoms with E-state index in [1.54, 1.807) is 19.4 Å². The lowest BCUT2D eigenvalue weighted by atomic mass is 10.1. The Bertz CT molecular complexity index is 858. The number of furan rings is 1. The molecule has 0 unspecified atom stereocenters. The first-order valence-corrected chi connectivity index (χ1v) is 6.57. The maximum Gasteiger partial charge on any atom is 0.311 e. The molecular weight excluding hydrogens is 286 g/mol. The third kappa shape index (κ3) is 2.46. The van der Waals surface area contributed by atoms with Gasteiger partial charge in [0.2, 0.25) is 5.78 Å². The van der Waals surface area contributed by atoms with E-state index in [1.165, 1.54) is 6.26 Å². The number of carbonyl (C=O) groups excluding carboxylic acids is 1. The number of fused-ring (bicyclic) bond motifs is 1. The van der Waals surface area contributed by atoms with Crippen molar-refractivity contribution in [1.82, 2.24) is 4.98 Å². The van der Waals surface area contributed by atoms with Gasteiger partial charge in [-0.2, -0.15) is 0 Å². The maximum atomic E-state index is 11.7. The minimum atomic E-state index is -1.18. The Morgan fingerprint density at radius 1 is 1.32 bits per heavy atom. The van der Waals surface area contributed by atoms with Crippen LogP contribution >= 0.6 is 0 Å². The molecule has 0 bridgehead atoms. The highest BCUT2D eigenvalue weighted by Crippen LogP contribution is 2.32. The molecule has 3 rings (SSSR count). The number of nitrogens with one attached hydrogen (secondary N) is 1. The SMILES string of the molecule is COc1ccc2[nH]cc(-c3coc(C(=O)CC(=O)O)c3)c2c1. The number of H-pyrrole nitrogens is 1. The number of hydrogen-bond acceptors (Lipinski definition) is 4. The summed E-state index contributed by atoms with van der Waals surface area (Å²) in [5.41, 5.74) is 2.48. The number of aliphatic carboxylic acids is 1. The van der Waals surface area contributed by atoms with E-state index in [1.807, 2.05) is 18.2 Å². The Kier molecular flexibility index (Phi) is 3.42. The fourth-order valence-corrected chi connectivity index (χ4v) is 2.31. The van der Waals surface area contributed by atoms with Gasteiger partial charge in [-0.25, -0.2) is 0 Å². The topological polar surface area (TPSA) is 92.5 Å². The van der Waals surface area contributed by atoms with Crippen LogP contribution < -0.4 is 4.74 Å². The Balaban J connectivity index is 1.99. The van der Waals surface area contributed by atoms with Crippen LogP contribution in [0, 0.1) is 0 Å². The number of benzene rings is 1. The second kappa shape index (κ2) is 5.40. The average molecular weight is 299 g/mol. The van der Waals surface area contributed by atoms with Crippen LogP contribution in [0.2, 0.25) is 0 Å². The van der Waals surface area contributed by atoms with Crippen LogP contribution in [0.5, 0.6) is 5.75 Å². The summed E-state index contributed by atoms with van der Waals surface area (Å²) in [6.07, 6.45) is 2.66. The van der Waals surface area contributed by atoms with E-state index in [-0.39, 0.29) is 5.76 Å². The fourth-order valence-electron chi connectivity index (χ4n) is 2.31. The summed E-state index contributed by atoms with van der Waals surface area (Å²) < 4.78 is 10.4. The van der Waals surface area contributed by atoms with Gasteiger partial charge in [0, 0.05) is 28.2 Å². The summed E-state index contributed by atoms with van der Waals surface area (Å²) in [5.74, 6) is -0.982. The molecule has 0 amide bonds. The minimum Gasteiger partial charge on any atom is -0.497 e. The minimum absolute atomic E-state index is 0.0367. The van der Waals surface area contributed by atoms with Crippen molar-refractivity contribution in [2.75, 3.05) is 7.11 Å². The number of carbonyl (C=O) groups is 2. The van der Waals surface area contributed by atoms with Crippen LogP contribution in [-0.4, -0.2) is 29.0 Å². The number of carboxylic acid groups (broad SMARTS) is 1. The first-order valence-electron chi connectivity index (χ1n) is 6.57. The molecule has 1 aromatic carbocycles. The van der Waals surface area contributed by atoms with Gasteiger partial charge >= 0.3 is 5.97 Å². The van der Waals surface area contributed by atoms with Gasteiger partial charge in [-0.05, 0) is 24.3 Å². The van der Waals surface area contributed by atoms with Gasteiger partial charge in [0.15, 0.2) is 5.76 Å². The summed E-state index contributed by atoms with van der Waals surface area (Å²) in [6.45, 7) is 0. The van der Waals surface area contributed by atoms with Crippen molar-refractivity contribution in [2.45, 2.75) is 6.42 Å². The third-order valence-electron chi connectivity index (χ3n) is 3.39. The number of methoxy groups -OCH3 is 1. The van der Waals surface area contributed by atoms with Gasteiger partial charge in [-0.1, -0.05) is 0 Å². The van der Waals surface area contributed by atoms with Crippen molar-refractivity contribution in [2.24, 2.45) is 0 Å². The van der Waals surface area contributed by atoms with E-state index >= 15 is 0 Å². The van der Waals surface area contributed by atoms with Crippen molar-refractivity contribution in [3.63, 3.8) is 0 Å². The van der Waals surface area contributed by atoms with E-state index < -0.39 is 18.2 Å². The standard InChI is InChI=1S/C16H13NO5/c1-21-10-2-3-13-11(5-10)12(7-17-13)9-4-15(22-8-9)14(18)6-16(19)20/h2-5,7-8,17H,6H2,1H3,(H,19,20). The largest absolute Gasteiger partial charge is 0.497 e. The molecule has 0 spiro atoms. The quantitative estimate of drug-likeness (QED) is 0.558. The Morgan fingerprint density at radius 2 is 2.14 bits per heavy atom. The molecule has 0 aliphatic carbocycles. The van der Waals surface area contributed by atoms with Crippen molar-refractivity contribution in [1.29, 1.82) is 0 Å². The summed E-state index contributed by atoms with van der Waals surface area (Å²) in [7, 11) is 1.59. The molecule has 22 heavy (non-hydrogen) atoms. The van der Waals surface area contributed by atoms with E-state index in [0.717, 1.165) is 22.2 Å². The predicted octanol–water partition coefficient (Wildman–Crippen LogP) is 3.09. The lowest BCUT2D eigenvalue weighted by Gasteiger charge is -2.00. The highest BCUT2D eigenvalue weighted by atomic mass is 16.5. The van der Waals surface area contributed by atoms with Crippen LogP contribution in [0.3, 0.4) is 0 Å². The zero-order chi connectivity index (χ0) is 15.7. The number of aromatic nitrogens is 1. The molecule has 112 valence electrons. The average Bonchev–Trinajstić information content (AvgIpc) is 3.12. The molecule has 0 saturated carbocycles. The molecule has 0 fully saturated rings. The molecule has 2 heterocycles. The number of ether oxygens (including phenoxy) is 1. The van der Waals surface area contributed by atoms with Crippen LogP contribution in [0.15, 0.2) is 41.1 Å². The summed E-state index contributed by atoms with van der Waals surface area (Å²) in [6, 6.07) is 7.17. The molecule has 2 aromatic heterocycles. The summed E-state index contributed by atoms with van der Waals surface area (Å²) >= 11 is 0. The highest BCUT2D eigenvalue weighted by molar-refractivity contribution is 6.05. The molecule has 0 radical (unpaired) electrons. The van der Waals surface area contributed by atoms with Gasteiger partial charge in [0.05, 0.1) is 13.4 Å². The first kappa shape index (κ1) is 13.9. The second-order valence-corrected chi connectivity index (χ2v) is 4.81. The number of hydrogen-bond donors (Lipinski definition) is 2. The monoisotopic (exact) mass is 299 g/mol. The lowest BCUT2D eigenvalue weighted by Crippen LogP contribution is -2.05. The number of rotatable bonds is 5. The molecule has 6 heteroatoms. The molecule has 0 aliphatic rings. The molecule has 2 N–H and O–H groups in total. The van der Waals surface area contributed by atoms with Crippen LogP contribution in [-0.2, 0) is 4.79 Å². The Hall–Kier alpha value is -3.02. The Labute approximate surface area is 125 Å². The number of Topliss-reactive ketones (excluding diaryl/α,β-unsaturated/α-hetero) is 1. The first-order chi connectivity index (χ1) is 10.6. The van der Waals surface area contributed by atoms with Crippen molar-refractivity contribution < 1.29 is 23.8 Å². The summed E-state index contributed by atoms with van der Waals surface area (Å²) in [4.78, 5) is 25.4. The normalized spacial score (nSPS) is 10.8. The van der Waals surface area contributed by atoms with Crippen LogP contribution in [0.4, 0.5) is 0 Å². The van der Waals surface area contributed by atoms with Gasteiger partial charge in [-0.15, -0.1) is 0 Å². The molecule has 3 aromatic rings. The van der Waals surface area contributed by atoms with Gasteiger partial charge in [0.1, 0.15) is 12.2 Å². The third-order valence-corrected chi connectivity index (χ3v) is 3.39. The van der Waals surface area contributed by atoms with Gasteiger partial charge in [0.25, 0.3) is 0 Å². The molecule has 0 saturated heterocycles. The molecule has 0 atom stereocenters. The number of carboxylic acids is 1. The predicted molar refractivity (Wildman–Crippen MR) is 79.1 cm³/mol. The summed E-state index contributed by atoms with van der Waals surface area (Å²) in [5, 5.41) is 9.58. The smallest absolute Gasteiger partial charge is 0.311 e. The second-order valence-electron chi connectivity index (χ2n) is 4.81. The van der Waals surface area contributed by atoms with Crippen LogP contribution in [0.1, 0.15) is 17.0 Å². The van der Waals surface area contributed by atoms with Crippen molar-refractivity contribution in [3.8, 4) is 16.9 Å². The van der Waals surface area contributed by atoms with E-state index in [2.05, 4.69) is 4.98 Å². The van der Waals surface area contributed by atoms with Crippen molar-refractivity contribution in [3.05, 3.63) is 42.5 Å². The Morgan fingerprint density at radius 3 is 2.86 bits per heavy atom. The van der Waals surface area contributed by atoms with Crippen LogP contribution in [0.25, 0.3) is 22.0 Å². The highest BCUT2D eigenvalue weighted by Gasteiger charge is 2.17. The lowest BCUT2D eigenvalue weighted by molar-refractivity contribution is -0.135.